The number of carbonyl (C=O) groups is 2. The fourth-order valence-electron chi connectivity index (χ4n) is 4.46. The van der Waals surface area contributed by atoms with E-state index < -0.39 is 0 Å². The van der Waals surface area contributed by atoms with Crippen LogP contribution >= 0.6 is 0 Å². The molecule has 0 aliphatic rings. The lowest BCUT2D eigenvalue weighted by Crippen LogP contribution is -2.32. The Morgan fingerprint density at radius 2 is 1.82 bits per heavy atom. The van der Waals surface area contributed by atoms with Crippen molar-refractivity contribution in [1.82, 2.24) is 15.2 Å². The summed E-state index contributed by atoms with van der Waals surface area (Å²) in [7, 11) is 1.64. The Bertz CT molecular complexity index is 1200. The Balaban J connectivity index is 1.61. The molecular formula is C30H41N3O5. The zero-order valence-corrected chi connectivity index (χ0v) is 23.2. The number of aromatic nitrogens is 1. The molecule has 0 radical (unpaired) electrons. The predicted octanol–water partition coefficient (Wildman–Crippen LogP) is 4.73. The first kappa shape index (κ1) is 29.0. The molecule has 1 unspecified atom stereocenters. The van der Waals surface area contributed by atoms with Crippen LogP contribution in [0.5, 0.6) is 11.5 Å². The van der Waals surface area contributed by atoms with Crippen LogP contribution < -0.4 is 20.1 Å². The SMILES string of the molecule is CCOC(=O)CCCn1ccc2cc(CC(C)NCCOc3ccccc3OC(C)C)cc(C(=O)NC)c21. The van der Waals surface area contributed by atoms with Gasteiger partial charge in [-0.25, -0.2) is 0 Å². The van der Waals surface area contributed by atoms with Gasteiger partial charge in [-0.05, 0) is 76.4 Å². The van der Waals surface area contributed by atoms with Crippen LogP contribution in [0.15, 0.2) is 48.7 Å². The van der Waals surface area contributed by atoms with E-state index in [1.807, 2.05) is 61.0 Å². The number of ether oxygens (including phenoxy) is 3. The third-order valence-corrected chi connectivity index (χ3v) is 6.08. The standard InChI is InChI=1S/C30H41N3O5/c1-6-36-28(34)12-9-15-33-16-13-24-19-23(20-25(29(24)33)30(35)31-5)18-22(4)32-14-17-37-26-10-7-8-11-27(26)38-21(2)3/h7-8,10-11,13,16,19-22,32H,6,9,12,14-15,17-18H2,1-5H3,(H,31,35). The summed E-state index contributed by atoms with van der Waals surface area (Å²) in [5, 5.41) is 7.29. The van der Waals surface area contributed by atoms with Crippen molar-refractivity contribution < 1.29 is 23.8 Å². The monoisotopic (exact) mass is 523 g/mol. The van der Waals surface area contributed by atoms with Crippen LogP contribution in [0.4, 0.5) is 0 Å². The number of carbonyl (C=O) groups excluding carboxylic acids is 2. The van der Waals surface area contributed by atoms with Crippen molar-refractivity contribution in [2.75, 3.05) is 26.8 Å². The first-order chi connectivity index (χ1) is 18.3. The average Bonchev–Trinajstić information content (AvgIpc) is 3.29. The maximum absolute atomic E-state index is 12.8. The fraction of sp³-hybridized carbons (Fsp3) is 0.467. The van der Waals surface area contributed by atoms with Crippen LogP contribution in [0, 0.1) is 0 Å². The van der Waals surface area contributed by atoms with E-state index in [1.54, 1.807) is 14.0 Å². The first-order valence-corrected chi connectivity index (χ1v) is 13.4. The first-order valence-electron chi connectivity index (χ1n) is 13.4. The van der Waals surface area contributed by atoms with Gasteiger partial charge in [0, 0.05) is 44.2 Å². The minimum Gasteiger partial charge on any atom is -0.488 e. The molecule has 1 aromatic heterocycles. The van der Waals surface area contributed by atoms with Gasteiger partial charge in [0.1, 0.15) is 6.61 Å². The third-order valence-electron chi connectivity index (χ3n) is 6.08. The number of aryl methyl sites for hydroxylation is 1. The molecule has 0 bridgehead atoms. The Morgan fingerprint density at radius 3 is 2.53 bits per heavy atom. The van der Waals surface area contributed by atoms with Crippen molar-refractivity contribution >= 4 is 22.8 Å². The minimum atomic E-state index is -0.197. The molecule has 1 amide bonds. The molecule has 0 aliphatic carbocycles. The van der Waals surface area contributed by atoms with Crippen molar-refractivity contribution in [3.63, 3.8) is 0 Å². The number of nitrogens with one attached hydrogen (secondary N) is 2. The molecule has 2 N–H and O–H groups in total. The summed E-state index contributed by atoms with van der Waals surface area (Å²) in [6.07, 6.45) is 3.82. The van der Waals surface area contributed by atoms with Crippen LogP contribution in [-0.2, 0) is 22.5 Å². The summed E-state index contributed by atoms with van der Waals surface area (Å²) in [6.45, 7) is 10.1. The normalized spacial score (nSPS) is 11.9. The zero-order chi connectivity index (χ0) is 27.5. The Kier molecular flexibility index (Phi) is 11.0. The molecule has 3 rings (SSSR count). The molecular weight excluding hydrogens is 482 g/mol. The van der Waals surface area contributed by atoms with Gasteiger partial charge in [-0.2, -0.15) is 0 Å². The van der Waals surface area contributed by atoms with E-state index in [2.05, 4.69) is 23.6 Å². The maximum Gasteiger partial charge on any atom is 0.305 e. The van der Waals surface area contributed by atoms with Crippen LogP contribution in [0.3, 0.4) is 0 Å². The number of fused-ring (bicyclic) bond motifs is 1. The van der Waals surface area contributed by atoms with Gasteiger partial charge >= 0.3 is 5.97 Å². The second kappa shape index (κ2) is 14.4. The van der Waals surface area contributed by atoms with Gasteiger partial charge in [0.05, 0.1) is 23.8 Å². The van der Waals surface area contributed by atoms with Crippen molar-refractivity contribution in [3.8, 4) is 11.5 Å². The summed E-state index contributed by atoms with van der Waals surface area (Å²) in [5.74, 6) is 1.16. The van der Waals surface area contributed by atoms with Crippen molar-refractivity contribution in [2.45, 2.75) is 65.6 Å². The lowest BCUT2D eigenvalue weighted by molar-refractivity contribution is -0.143. The average molecular weight is 524 g/mol. The van der Waals surface area contributed by atoms with E-state index in [0.717, 1.165) is 34.4 Å². The molecule has 3 aromatic rings. The van der Waals surface area contributed by atoms with E-state index in [4.69, 9.17) is 14.2 Å². The van der Waals surface area contributed by atoms with Crippen LogP contribution in [0.2, 0.25) is 0 Å². The molecule has 0 saturated heterocycles. The van der Waals surface area contributed by atoms with Gasteiger partial charge in [0.2, 0.25) is 0 Å². The van der Waals surface area contributed by atoms with E-state index in [1.165, 1.54) is 0 Å². The van der Waals surface area contributed by atoms with Gasteiger partial charge in [0.15, 0.2) is 11.5 Å². The smallest absolute Gasteiger partial charge is 0.305 e. The maximum atomic E-state index is 12.8. The lowest BCUT2D eigenvalue weighted by Gasteiger charge is -2.17. The molecule has 2 aromatic carbocycles. The minimum absolute atomic E-state index is 0.0800. The van der Waals surface area contributed by atoms with Gasteiger partial charge < -0.3 is 29.4 Å². The summed E-state index contributed by atoms with van der Waals surface area (Å²) in [4.78, 5) is 24.5. The number of hydrogen-bond acceptors (Lipinski definition) is 6. The highest BCUT2D eigenvalue weighted by atomic mass is 16.5. The van der Waals surface area contributed by atoms with Crippen LogP contribution in [0.1, 0.15) is 56.5 Å². The Hall–Kier alpha value is -3.52. The topological polar surface area (TPSA) is 90.8 Å². The van der Waals surface area contributed by atoms with Crippen molar-refractivity contribution in [2.24, 2.45) is 0 Å². The second-order valence-corrected chi connectivity index (χ2v) is 9.60. The van der Waals surface area contributed by atoms with E-state index in [0.29, 0.717) is 44.7 Å². The largest absolute Gasteiger partial charge is 0.488 e. The number of rotatable bonds is 15. The van der Waals surface area contributed by atoms with Gasteiger partial charge in [-0.3, -0.25) is 9.59 Å². The number of amides is 1. The Morgan fingerprint density at radius 1 is 1.05 bits per heavy atom. The summed E-state index contributed by atoms with van der Waals surface area (Å²) < 4.78 is 18.8. The number of nitrogens with zero attached hydrogens (tertiary/aromatic N) is 1. The molecule has 0 aliphatic heterocycles. The predicted molar refractivity (Wildman–Crippen MR) is 150 cm³/mol. The van der Waals surface area contributed by atoms with Crippen LogP contribution in [-0.4, -0.2) is 55.4 Å². The summed E-state index contributed by atoms with van der Waals surface area (Å²) in [6, 6.07) is 14.0. The van der Waals surface area contributed by atoms with E-state index >= 15 is 0 Å². The molecule has 1 heterocycles. The molecule has 0 saturated carbocycles. The molecule has 8 heteroatoms. The lowest BCUT2D eigenvalue weighted by atomic mass is 10.0. The summed E-state index contributed by atoms with van der Waals surface area (Å²) >= 11 is 0. The highest BCUT2D eigenvalue weighted by Gasteiger charge is 2.16. The molecule has 38 heavy (non-hydrogen) atoms. The van der Waals surface area contributed by atoms with Crippen LogP contribution in [0.25, 0.3) is 10.9 Å². The highest BCUT2D eigenvalue weighted by molar-refractivity contribution is 6.06. The van der Waals surface area contributed by atoms with Crippen molar-refractivity contribution in [3.05, 3.63) is 59.8 Å². The van der Waals surface area contributed by atoms with Crippen molar-refractivity contribution in [1.29, 1.82) is 0 Å². The number of para-hydroxylation sites is 2. The second-order valence-electron chi connectivity index (χ2n) is 9.60. The summed E-state index contributed by atoms with van der Waals surface area (Å²) in [5.41, 5.74) is 2.60. The zero-order valence-electron chi connectivity index (χ0n) is 23.2. The molecule has 8 nitrogen and oxygen atoms in total. The number of esters is 1. The quantitative estimate of drug-likeness (QED) is 0.221. The van der Waals surface area contributed by atoms with Gasteiger partial charge in [-0.15, -0.1) is 0 Å². The number of benzene rings is 2. The third kappa shape index (κ3) is 8.25. The molecule has 0 fully saturated rings. The molecule has 206 valence electrons. The van der Waals surface area contributed by atoms with Gasteiger partial charge in [0.25, 0.3) is 5.91 Å². The molecule has 0 spiro atoms. The van der Waals surface area contributed by atoms with E-state index in [-0.39, 0.29) is 24.0 Å². The van der Waals surface area contributed by atoms with Gasteiger partial charge in [-0.1, -0.05) is 12.1 Å². The molecule has 1 atom stereocenters. The van der Waals surface area contributed by atoms with E-state index in [9.17, 15) is 9.59 Å². The Labute approximate surface area is 225 Å². The fourth-order valence-corrected chi connectivity index (χ4v) is 4.46. The highest BCUT2D eigenvalue weighted by Crippen LogP contribution is 2.27. The number of hydrogen-bond donors (Lipinski definition) is 2.